The third-order valence-electron chi connectivity index (χ3n) is 4.17. The van der Waals surface area contributed by atoms with Gasteiger partial charge in [0.25, 0.3) is 0 Å². The molecule has 0 fully saturated rings. The first-order valence-electron chi connectivity index (χ1n) is 8.42. The lowest BCUT2D eigenvalue weighted by Crippen LogP contribution is -2.17. The number of carbonyl (C=O) groups excluding carboxylic acids is 1. The van der Waals surface area contributed by atoms with E-state index < -0.39 is 0 Å². The predicted molar refractivity (Wildman–Crippen MR) is 102 cm³/mol. The number of phenols is 1. The van der Waals surface area contributed by atoms with E-state index in [1.165, 1.54) is 24.3 Å². The van der Waals surface area contributed by atoms with E-state index in [2.05, 4.69) is 21.6 Å². The van der Waals surface area contributed by atoms with E-state index in [9.17, 15) is 9.90 Å². The van der Waals surface area contributed by atoms with Gasteiger partial charge in [0.15, 0.2) is 11.5 Å². The molecule has 6 nitrogen and oxygen atoms in total. The minimum absolute atomic E-state index is 0.00710. The number of hydrazone groups is 1. The fourth-order valence-electron chi connectivity index (χ4n) is 2.82. The molecule has 0 radical (unpaired) electrons. The van der Waals surface area contributed by atoms with E-state index in [1.54, 1.807) is 18.2 Å². The van der Waals surface area contributed by atoms with Gasteiger partial charge in [0.05, 0.1) is 13.3 Å². The number of hydrogen-bond acceptors (Lipinski definition) is 4. The number of aromatic hydroxyl groups is 1. The van der Waals surface area contributed by atoms with Crippen LogP contribution in [0.2, 0.25) is 0 Å². The number of rotatable bonds is 7. The first-order valence-corrected chi connectivity index (χ1v) is 8.42. The molecule has 0 spiro atoms. The maximum absolute atomic E-state index is 11.9. The number of aryl methyl sites for hydroxylation is 1. The molecule has 2 aromatic carbocycles. The van der Waals surface area contributed by atoms with Crippen molar-refractivity contribution in [1.82, 2.24) is 10.4 Å². The number of phenolic OH excluding ortho intramolecular Hbond substituents is 1. The van der Waals surface area contributed by atoms with Gasteiger partial charge in [-0.3, -0.25) is 4.79 Å². The minimum Gasteiger partial charge on any atom is -0.504 e. The zero-order valence-corrected chi connectivity index (χ0v) is 14.5. The van der Waals surface area contributed by atoms with E-state index in [0.29, 0.717) is 17.7 Å². The molecule has 0 aliphatic rings. The maximum atomic E-state index is 11.9. The van der Waals surface area contributed by atoms with E-state index in [0.717, 1.165) is 18.4 Å². The fraction of sp³-hybridized carbons (Fsp3) is 0.200. The lowest BCUT2D eigenvalue weighted by atomic mass is 10.1. The number of amides is 1. The molecule has 1 heterocycles. The van der Waals surface area contributed by atoms with Gasteiger partial charge in [0.1, 0.15) is 0 Å². The molecule has 3 aromatic rings. The molecule has 1 aromatic heterocycles. The van der Waals surface area contributed by atoms with Gasteiger partial charge in [0, 0.05) is 29.1 Å². The summed E-state index contributed by atoms with van der Waals surface area (Å²) in [6.45, 7) is 0. The monoisotopic (exact) mass is 351 g/mol. The predicted octanol–water partition coefficient (Wildman–Crippen LogP) is 3.36. The number of H-pyrrole nitrogens is 1. The number of aromatic nitrogens is 1. The lowest BCUT2D eigenvalue weighted by Gasteiger charge is -2.05. The number of fused-ring (bicyclic) bond motifs is 1. The third-order valence-corrected chi connectivity index (χ3v) is 4.17. The Morgan fingerprint density at radius 2 is 2.12 bits per heavy atom. The molecule has 0 saturated carbocycles. The van der Waals surface area contributed by atoms with Crippen LogP contribution >= 0.6 is 0 Å². The van der Waals surface area contributed by atoms with Crippen molar-refractivity contribution in [3.63, 3.8) is 0 Å². The third kappa shape index (κ3) is 4.03. The van der Waals surface area contributed by atoms with Crippen LogP contribution in [0.25, 0.3) is 10.9 Å². The van der Waals surface area contributed by atoms with Crippen LogP contribution in [0, 0.1) is 0 Å². The van der Waals surface area contributed by atoms with Crippen LogP contribution in [0.15, 0.2) is 53.8 Å². The molecule has 0 unspecified atom stereocenters. The summed E-state index contributed by atoms with van der Waals surface area (Å²) in [5, 5.41) is 15.0. The smallest absolute Gasteiger partial charge is 0.240 e. The molecule has 0 bridgehead atoms. The van der Waals surface area contributed by atoms with E-state index in [1.807, 2.05) is 24.4 Å². The summed E-state index contributed by atoms with van der Waals surface area (Å²) >= 11 is 0. The first-order chi connectivity index (χ1) is 12.7. The Bertz CT molecular complexity index is 931. The summed E-state index contributed by atoms with van der Waals surface area (Å²) in [5.41, 5.74) is 5.27. The average molecular weight is 351 g/mol. The summed E-state index contributed by atoms with van der Waals surface area (Å²) in [4.78, 5) is 15.1. The first kappa shape index (κ1) is 17.5. The van der Waals surface area contributed by atoms with E-state index in [4.69, 9.17) is 4.74 Å². The Kier molecular flexibility index (Phi) is 5.53. The second-order valence-corrected chi connectivity index (χ2v) is 5.90. The van der Waals surface area contributed by atoms with Gasteiger partial charge in [-0.2, -0.15) is 5.10 Å². The van der Waals surface area contributed by atoms with Crippen molar-refractivity contribution in [2.45, 2.75) is 19.3 Å². The van der Waals surface area contributed by atoms with Crippen molar-refractivity contribution < 1.29 is 14.6 Å². The molecule has 1 amide bonds. The van der Waals surface area contributed by atoms with Crippen molar-refractivity contribution in [3.05, 3.63) is 59.8 Å². The van der Waals surface area contributed by atoms with Crippen molar-refractivity contribution >= 4 is 23.0 Å². The standard InChI is InChI=1S/C20H21N3O3/c1-26-18-10-4-7-15(20(18)25)13-22-23-19(24)11-5-6-14-12-21-17-9-3-2-8-16(14)17/h2-4,7-10,12-13,21,25H,5-6,11H2,1H3,(H,23,24). The number of nitrogens with zero attached hydrogens (tertiary/aromatic N) is 1. The van der Waals surface area contributed by atoms with Gasteiger partial charge in [-0.25, -0.2) is 5.43 Å². The van der Waals surface area contributed by atoms with Crippen molar-refractivity contribution in [1.29, 1.82) is 0 Å². The molecule has 0 aliphatic carbocycles. The highest BCUT2D eigenvalue weighted by Gasteiger charge is 2.06. The van der Waals surface area contributed by atoms with Crippen LogP contribution in [0.4, 0.5) is 0 Å². The Morgan fingerprint density at radius 3 is 2.96 bits per heavy atom. The molecule has 134 valence electrons. The zero-order valence-electron chi connectivity index (χ0n) is 14.5. The summed E-state index contributed by atoms with van der Waals surface area (Å²) in [7, 11) is 1.48. The molecular weight excluding hydrogens is 330 g/mol. The molecule has 26 heavy (non-hydrogen) atoms. The second kappa shape index (κ2) is 8.20. The summed E-state index contributed by atoms with van der Waals surface area (Å²) in [6, 6.07) is 13.2. The zero-order chi connectivity index (χ0) is 18.4. The number of para-hydroxylation sites is 2. The Hall–Kier alpha value is -3.28. The number of aromatic amines is 1. The summed E-state index contributed by atoms with van der Waals surface area (Å²) < 4.78 is 5.03. The maximum Gasteiger partial charge on any atom is 0.240 e. The van der Waals surface area contributed by atoms with Crippen LogP contribution in [0.1, 0.15) is 24.0 Å². The van der Waals surface area contributed by atoms with Crippen LogP contribution in [0.3, 0.4) is 0 Å². The number of methoxy groups -OCH3 is 1. The van der Waals surface area contributed by atoms with E-state index >= 15 is 0 Å². The minimum atomic E-state index is -0.163. The average Bonchev–Trinajstić information content (AvgIpc) is 3.06. The normalized spacial score (nSPS) is 11.1. The van der Waals surface area contributed by atoms with Crippen molar-refractivity contribution in [2.24, 2.45) is 5.10 Å². The SMILES string of the molecule is COc1cccc(C=NNC(=O)CCCc2c[nH]c3ccccc23)c1O. The Labute approximate surface area is 151 Å². The van der Waals surface area contributed by atoms with E-state index in [-0.39, 0.29) is 11.7 Å². The summed E-state index contributed by atoms with van der Waals surface area (Å²) in [5.74, 6) is 0.190. The number of ether oxygens (including phenoxy) is 1. The highest BCUT2D eigenvalue weighted by molar-refractivity contribution is 5.86. The molecule has 3 N–H and O–H groups in total. The highest BCUT2D eigenvalue weighted by Crippen LogP contribution is 2.27. The van der Waals surface area contributed by atoms with Gasteiger partial charge < -0.3 is 14.8 Å². The molecule has 0 aliphatic heterocycles. The Balaban J connectivity index is 1.49. The van der Waals surface area contributed by atoms with Crippen molar-refractivity contribution in [3.8, 4) is 11.5 Å². The van der Waals surface area contributed by atoms with Gasteiger partial charge >= 0.3 is 0 Å². The fourth-order valence-corrected chi connectivity index (χ4v) is 2.82. The largest absolute Gasteiger partial charge is 0.504 e. The van der Waals surface area contributed by atoms with Crippen LogP contribution in [-0.4, -0.2) is 29.3 Å². The van der Waals surface area contributed by atoms with Gasteiger partial charge in [0.2, 0.25) is 5.91 Å². The van der Waals surface area contributed by atoms with Gasteiger partial charge in [-0.05, 0) is 36.6 Å². The molecular formula is C20H21N3O3. The van der Waals surface area contributed by atoms with Crippen molar-refractivity contribution in [2.75, 3.05) is 7.11 Å². The number of carbonyl (C=O) groups is 1. The highest BCUT2D eigenvalue weighted by atomic mass is 16.5. The molecule has 6 heteroatoms. The number of nitrogens with one attached hydrogen (secondary N) is 2. The molecule has 3 rings (SSSR count). The number of hydrogen-bond donors (Lipinski definition) is 3. The Morgan fingerprint density at radius 1 is 1.27 bits per heavy atom. The topological polar surface area (TPSA) is 86.7 Å². The van der Waals surface area contributed by atoms with Crippen LogP contribution < -0.4 is 10.2 Å². The molecule has 0 atom stereocenters. The summed E-state index contributed by atoms with van der Waals surface area (Å²) in [6.07, 6.45) is 5.31. The lowest BCUT2D eigenvalue weighted by molar-refractivity contribution is -0.121. The van der Waals surface area contributed by atoms with Gasteiger partial charge in [-0.15, -0.1) is 0 Å². The number of benzene rings is 2. The van der Waals surface area contributed by atoms with Crippen LogP contribution in [0.5, 0.6) is 11.5 Å². The van der Waals surface area contributed by atoms with Gasteiger partial charge in [-0.1, -0.05) is 24.3 Å². The van der Waals surface area contributed by atoms with Crippen LogP contribution in [-0.2, 0) is 11.2 Å². The quantitative estimate of drug-likeness (QED) is 0.451. The second-order valence-electron chi connectivity index (χ2n) is 5.90. The molecule has 0 saturated heterocycles.